The summed E-state index contributed by atoms with van der Waals surface area (Å²) in [5, 5.41) is 11.2. The number of hydrogen-bond donors (Lipinski definition) is 2. The smallest absolute Gasteiger partial charge is 0.325 e. The molecular weight excluding hydrogens is 252 g/mol. The van der Waals surface area contributed by atoms with Crippen molar-refractivity contribution in [2.75, 3.05) is 26.7 Å². The number of methoxy groups -OCH3 is 1. The third-order valence-electron chi connectivity index (χ3n) is 2.67. The summed E-state index contributed by atoms with van der Waals surface area (Å²) in [7, 11) is 1.27. The summed E-state index contributed by atoms with van der Waals surface area (Å²) in [5.41, 5.74) is 0. The Morgan fingerprint density at radius 1 is 1.37 bits per heavy atom. The molecule has 0 rings (SSSR count). The number of carboxylic acid groups (broad SMARTS) is 1. The molecule has 0 aliphatic carbocycles. The summed E-state index contributed by atoms with van der Waals surface area (Å²) in [5.74, 6) is -1.26. The molecule has 0 aromatic rings. The maximum Gasteiger partial charge on any atom is 0.325 e. The van der Waals surface area contributed by atoms with Crippen molar-refractivity contribution in [2.45, 2.75) is 26.7 Å². The number of likely N-dealkylation sites (N-methyl/N-ethyl adjacent to an activating group) is 1. The van der Waals surface area contributed by atoms with E-state index >= 15 is 0 Å². The molecule has 0 fully saturated rings. The van der Waals surface area contributed by atoms with Crippen LogP contribution in [0.25, 0.3) is 0 Å². The number of aliphatic carboxylic acids is 1. The number of rotatable bonds is 8. The largest absolute Gasteiger partial charge is 0.481 e. The number of carbonyl (C=O) groups excluding carboxylic acids is 2. The van der Waals surface area contributed by atoms with Crippen LogP contribution in [0, 0.1) is 5.92 Å². The Morgan fingerprint density at radius 2 is 2.00 bits per heavy atom. The van der Waals surface area contributed by atoms with E-state index < -0.39 is 11.9 Å². The highest BCUT2D eigenvalue weighted by atomic mass is 16.5. The fraction of sp³-hybridized carbons (Fsp3) is 0.750. The molecule has 0 bridgehead atoms. The first kappa shape index (κ1) is 17.2. The lowest BCUT2D eigenvalue weighted by Crippen LogP contribution is -2.44. The van der Waals surface area contributed by atoms with E-state index in [1.54, 1.807) is 6.92 Å². The van der Waals surface area contributed by atoms with Gasteiger partial charge in [-0.05, 0) is 19.3 Å². The molecule has 2 amide bonds. The lowest BCUT2D eigenvalue weighted by molar-refractivity contribution is -0.141. The number of nitrogens with one attached hydrogen (secondary N) is 1. The van der Waals surface area contributed by atoms with Gasteiger partial charge in [-0.3, -0.25) is 9.59 Å². The molecule has 19 heavy (non-hydrogen) atoms. The highest BCUT2D eigenvalue weighted by molar-refractivity contribution is 5.80. The summed E-state index contributed by atoms with van der Waals surface area (Å²) in [6, 6.07) is -0.352. The van der Waals surface area contributed by atoms with E-state index in [9.17, 15) is 14.4 Å². The van der Waals surface area contributed by atoms with Gasteiger partial charge in [-0.25, -0.2) is 4.79 Å². The molecule has 0 heterocycles. The molecule has 110 valence electrons. The molecule has 0 aliphatic rings. The number of hydrogen-bond acceptors (Lipinski definition) is 4. The van der Waals surface area contributed by atoms with Gasteiger partial charge in [0.2, 0.25) is 0 Å². The number of nitrogens with zero attached hydrogens (tertiary/aromatic N) is 1. The van der Waals surface area contributed by atoms with Crippen molar-refractivity contribution in [3.8, 4) is 0 Å². The standard InChI is InChI=1S/C12H22N2O5/c1-4-14(8-11(17)19-3)12(18)13-7-9(2)5-6-10(15)16/h9H,4-8H2,1-3H3,(H,13,18)(H,15,16). The van der Waals surface area contributed by atoms with Gasteiger partial charge in [0.05, 0.1) is 7.11 Å². The van der Waals surface area contributed by atoms with Gasteiger partial charge in [-0.2, -0.15) is 0 Å². The van der Waals surface area contributed by atoms with Gasteiger partial charge < -0.3 is 20.1 Å². The molecule has 0 spiro atoms. The molecule has 0 saturated heterocycles. The minimum atomic E-state index is -0.848. The number of carboxylic acids is 1. The van der Waals surface area contributed by atoms with Crippen molar-refractivity contribution in [3.63, 3.8) is 0 Å². The van der Waals surface area contributed by atoms with Crippen LogP contribution < -0.4 is 5.32 Å². The number of amides is 2. The van der Waals surface area contributed by atoms with Crippen LogP contribution in [-0.4, -0.2) is 54.7 Å². The molecule has 0 radical (unpaired) electrons. The first-order valence-electron chi connectivity index (χ1n) is 6.22. The van der Waals surface area contributed by atoms with Gasteiger partial charge >= 0.3 is 18.0 Å². The lowest BCUT2D eigenvalue weighted by Gasteiger charge is -2.21. The zero-order valence-corrected chi connectivity index (χ0v) is 11.6. The number of carbonyl (C=O) groups is 3. The highest BCUT2D eigenvalue weighted by Gasteiger charge is 2.16. The zero-order chi connectivity index (χ0) is 14.8. The molecular formula is C12H22N2O5. The SMILES string of the molecule is CCN(CC(=O)OC)C(=O)NCC(C)CCC(=O)O. The Kier molecular flexibility index (Phi) is 8.32. The molecule has 0 aromatic carbocycles. The van der Waals surface area contributed by atoms with E-state index in [4.69, 9.17) is 5.11 Å². The van der Waals surface area contributed by atoms with Crippen molar-refractivity contribution >= 4 is 18.0 Å². The van der Waals surface area contributed by atoms with Gasteiger partial charge in [-0.1, -0.05) is 6.92 Å². The van der Waals surface area contributed by atoms with Crippen LogP contribution in [0.4, 0.5) is 4.79 Å². The van der Waals surface area contributed by atoms with E-state index in [0.29, 0.717) is 19.5 Å². The van der Waals surface area contributed by atoms with Crippen LogP contribution in [0.3, 0.4) is 0 Å². The second-order valence-corrected chi connectivity index (χ2v) is 4.31. The van der Waals surface area contributed by atoms with Gasteiger partial charge in [-0.15, -0.1) is 0 Å². The number of esters is 1. The molecule has 0 saturated carbocycles. The average Bonchev–Trinajstić information content (AvgIpc) is 2.39. The zero-order valence-electron chi connectivity index (χ0n) is 11.6. The van der Waals surface area contributed by atoms with E-state index in [-0.39, 0.29) is 24.9 Å². The highest BCUT2D eigenvalue weighted by Crippen LogP contribution is 2.04. The van der Waals surface area contributed by atoms with Crippen LogP contribution in [-0.2, 0) is 14.3 Å². The Balaban J connectivity index is 4.05. The summed E-state index contributed by atoms with van der Waals surface area (Å²) in [6.07, 6.45) is 0.579. The van der Waals surface area contributed by atoms with Crippen molar-refractivity contribution in [3.05, 3.63) is 0 Å². The average molecular weight is 274 g/mol. The molecule has 0 aliphatic heterocycles. The van der Waals surface area contributed by atoms with Crippen LogP contribution in [0.15, 0.2) is 0 Å². The number of ether oxygens (including phenoxy) is 1. The van der Waals surface area contributed by atoms with Crippen molar-refractivity contribution in [1.29, 1.82) is 0 Å². The first-order chi connectivity index (χ1) is 8.90. The summed E-state index contributed by atoms with van der Waals surface area (Å²) >= 11 is 0. The van der Waals surface area contributed by atoms with Crippen molar-refractivity contribution < 1.29 is 24.2 Å². The molecule has 0 aromatic heterocycles. The van der Waals surface area contributed by atoms with Crippen LogP contribution in [0.2, 0.25) is 0 Å². The molecule has 1 unspecified atom stereocenters. The predicted molar refractivity (Wildman–Crippen MR) is 68.7 cm³/mol. The van der Waals surface area contributed by atoms with Gasteiger partial charge in [0, 0.05) is 19.5 Å². The van der Waals surface area contributed by atoms with Crippen molar-refractivity contribution in [2.24, 2.45) is 5.92 Å². The number of urea groups is 1. The van der Waals surface area contributed by atoms with Crippen molar-refractivity contribution in [1.82, 2.24) is 10.2 Å². The molecule has 1 atom stereocenters. The fourth-order valence-corrected chi connectivity index (χ4v) is 1.39. The predicted octanol–water partition coefficient (Wildman–Crippen LogP) is 0.692. The normalized spacial score (nSPS) is 11.5. The minimum absolute atomic E-state index is 0.0666. The fourth-order valence-electron chi connectivity index (χ4n) is 1.39. The van der Waals surface area contributed by atoms with Crippen LogP contribution in [0.5, 0.6) is 0 Å². The lowest BCUT2D eigenvalue weighted by atomic mass is 10.1. The van der Waals surface area contributed by atoms with Gasteiger partial charge in [0.1, 0.15) is 6.54 Å². The Labute approximate surface area is 112 Å². The maximum absolute atomic E-state index is 11.8. The maximum atomic E-state index is 11.8. The second-order valence-electron chi connectivity index (χ2n) is 4.31. The Hall–Kier alpha value is -1.79. The van der Waals surface area contributed by atoms with E-state index in [2.05, 4.69) is 10.1 Å². The summed E-state index contributed by atoms with van der Waals surface area (Å²) in [4.78, 5) is 34.6. The monoisotopic (exact) mass is 274 g/mol. The summed E-state index contributed by atoms with van der Waals surface area (Å²) < 4.78 is 4.50. The Morgan fingerprint density at radius 3 is 2.47 bits per heavy atom. The quantitative estimate of drug-likeness (QED) is 0.635. The van der Waals surface area contributed by atoms with Crippen LogP contribution >= 0.6 is 0 Å². The Bertz CT molecular complexity index is 319. The molecule has 7 heteroatoms. The second kappa shape index (κ2) is 9.18. The van der Waals surface area contributed by atoms with E-state index in [0.717, 1.165) is 0 Å². The third-order valence-corrected chi connectivity index (χ3v) is 2.67. The topological polar surface area (TPSA) is 95.9 Å². The van der Waals surface area contributed by atoms with Crippen LogP contribution in [0.1, 0.15) is 26.7 Å². The molecule has 2 N–H and O–H groups in total. The van der Waals surface area contributed by atoms with E-state index in [1.165, 1.54) is 12.0 Å². The van der Waals surface area contributed by atoms with Gasteiger partial charge in [0.15, 0.2) is 0 Å². The first-order valence-corrected chi connectivity index (χ1v) is 6.22. The molecule has 7 nitrogen and oxygen atoms in total. The minimum Gasteiger partial charge on any atom is -0.481 e. The van der Waals surface area contributed by atoms with Gasteiger partial charge in [0.25, 0.3) is 0 Å². The third kappa shape index (κ3) is 8.01. The van der Waals surface area contributed by atoms with E-state index in [1.807, 2.05) is 6.92 Å². The summed E-state index contributed by atoms with van der Waals surface area (Å²) in [6.45, 7) is 4.30.